The van der Waals surface area contributed by atoms with Gasteiger partial charge >= 0.3 is 5.97 Å². The molecule has 0 aliphatic carbocycles. The van der Waals surface area contributed by atoms with E-state index in [4.69, 9.17) is 4.74 Å². The monoisotopic (exact) mass is 325 g/mol. The third kappa shape index (κ3) is 3.60. The zero-order chi connectivity index (χ0) is 17.0. The van der Waals surface area contributed by atoms with Gasteiger partial charge in [-0.05, 0) is 37.1 Å². The van der Waals surface area contributed by atoms with Gasteiger partial charge in [0.05, 0.1) is 0 Å². The topological polar surface area (TPSA) is 49.8 Å². The largest absolute Gasteiger partial charge is 0.478 e. The van der Waals surface area contributed by atoms with Crippen molar-refractivity contribution < 1.29 is 14.6 Å². The Labute approximate surface area is 142 Å². The summed E-state index contributed by atoms with van der Waals surface area (Å²) in [6, 6.07) is 17.7. The molecule has 1 fully saturated rings. The Morgan fingerprint density at radius 1 is 1.17 bits per heavy atom. The fourth-order valence-electron chi connectivity index (χ4n) is 3.27. The molecule has 4 heteroatoms. The number of likely N-dealkylation sites (tertiary alicyclic amines) is 1. The maximum Gasteiger partial charge on any atom is 0.349 e. The van der Waals surface area contributed by atoms with Crippen molar-refractivity contribution in [2.24, 2.45) is 0 Å². The van der Waals surface area contributed by atoms with Crippen LogP contribution in [0.2, 0.25) is 0 Å². The summed E-state index contributed by atoms with van der Waals surface area (Å²) in [5.41, 5.74) is 0.965. The van der Waals surface area contributed by atoms with E-state index in [0.29, 0.717) is 18.7 Å². The first-order valence-corrected chi connectivity index (χ1v) is 8.33. The predicted octanol–water partition coefficient (Wildman–Crippen LogP) is 3.49. The number of benzene rings is 2. The molecular weight excluding hydrogens is 302 g/mol. The van der Waals surface area contributed by atoms with Crippen LogP contribution in [0, 0.1) is 6.92 Å². The number of nitrogens with zero attached hydrogens (tertiary/aromatic N) is 1. The van der Waals surface area contributed by atoms with Crippen molar-refractivity contribution >= 4 is 5.97 Å². The van der Waals surface area contributed by atoms with Gasteiger partial charge < -0.3 is 9.84 Å². The number of para-hydroxylation sites is 1. The van der Waals surface area contributed by atoms with Gasteiger partial charge in [0.15, 0.2) is 0 Å². The highest BCUT2D eigenvalue weighted by Gasteiger charge is 2.45. The van der Waals surface area contributed by atoms with Crippen LogP contribution in [-0.2, 0) is 11.3 Å². The molecule has 0 spiro atoms. The van der Waals surface area contributed by atoms with E-state index in [9.17, 15) is 9.90 Å². The fourth-order valence-corrected chi connectivity index (χ4v) is 3.27. The average Bonchev–Trinajstić information content (AvgIpc) is 2.58. The lowest BCUT2D eigenvalue weighted by molar-refractivity contribution is -0.160. The number of aryl methyl sites for hydroxylation is 1. The second-order valence-corrected chi connectivity index (χ2v) is 6.47. The van der Waals surface area contributed by atoms with Crippen LogP contribution in [-0.4, -0.2) is 34.7 Å². The highest BCUT2D eigenvalue weighted by Crippen LogP contribution is 2.30. The van der Waals surface area contributed by atoms with Crippen LogP contribution in [0.5, 0.6) is 5.75 Å². The number of carboxylic acids is 1. The predicted molar refractivity (Wildman–Crippen MR) is 93.1 cm³/mol. The van der Waals surface area contributed by atoms with Gasteiger partial charge in [0.1, 0.15) is 5.75 Å². The molecule has 4 nitrogen and oxygen atoms in total. The van der Waals surface area contributed by atoms with Crippen LogP contribution >= 0.6 is 0 Å². The molecule has 1 aliphatic heterocycles. The van der Waals surface area contributed by atoms with Crippen molar-refractivity contribution in [3.63, 3.8) is 0 Å². The molecule has 0 aromatic heterocycles. The van der Waals surface area contributed by atoms with Crippen molar-refractivity contribution in [1.82, 2.24) is 4.90 Å². The molecule has 0 amide bonds. The Bertz CT molecular complexity index is 701. The van der Waals surface area contributed by atoms with E-state index in [0.717, 1.165) is 25.1 Å². The summed E-state index contributed by atoms with van der Waals surface area (Å²) in [4.78, 5) is 14.2. The molecule has 1 atom stereocenters. The van der Waals surface area contributed by atoms with E-state index in [1.54, 1.807) is 0 Å². The molecule has 126 valence electrons. The van der Waals surface area contributed by atoms with Gasteiger partial charge in [0.25, 0.3) is 0 Å². The Kier molecular flexibility index (Phi) is 4.86. The summed E-state index contributed by atoms with van der Waals surface area (Å²) < 4.78 is 6.06. The lowest BCUT2D eigenvalue weighted by Gasteiger charge is -2.40. The minimum atomic E-state index is -1.18. The number of piperidine rings is 1. The van der Waals surface area contributed by atoms with Gasteiger partial charge in [0.2, 0.25) is 5.60 Å². The first-order valence-electron chi connectivity index (χ1n) is 8.33. The molecule has 2 aromatic carbocycles. The van der Waals surface area contributed by atoms with Crippen LogP contribution in [0.15, 0.2) is 54.6 Å². The highest BCUT2D eigenvalue weighted by atomic mass is 16.5. The Morgan fingerprint density at radius 3 is 2.58 bits per heavy atom. The van der Waals surface area contributed by atoms with Crippen LogP contribution in [0.25, 0.3) is 0 Å². The van der Waals surface area contributed by atoms with Crippen LogP contribution < -0.4 is 4.74 Å². The van der Waals surface area contributed by atoms with Gasteiger partial charge in [-0.1, -0.05) is 48.5 Å². The number of hydrogen-bond donors (Lipinski definition) is 1. The zero-order valence-corrected chi connectivity index (χ0v) is 13.9. The van der Waals surface area contributed by atoms with Crippen molar-refractivity contribution in [3.05, 3.63) is 65.7 Å². The second kappa shape index (κ2) is 7.05. The Morgan fingerprint density at radius 2 is 1.88 bits per heavy atom. The van der Waals surface area contributed by atoms with Crippen molar-refractivity contribution in [3.8, 4) is 5.75 Å². The third-order valence-corrected chi connectivity index (χ3v) is 4.57. The standard InChI is InChI=1S/C20H23NO3/c1-16-8-5-6-11-18(16)24-20(19(22)23)12-7-13-21(15-20)14-17-9-3-2-4-10-17/h2-6,8-11H,7,12-15H2,1H3,(H,22,23). The molecule has 1 aliphatic rings. The van der Waals surface area contributed by atoms with E-state index < -0.39 is 11.6 Å². The van der Waals surface area contributed by atoms with Crippen molar-refractivity contribution in [2.75, 3.05) is 13.1 Å². The maximum absolute atomic E-state index is 12.0. The third-order valence-electron chi connectivity index (χ3n) is 4.57. The first-order chi connectivity index (χ1) is 11.6. The second-order valence-electron chi connectivity index (χ2n) is 6.47. The van der Waals surface area contributed by atoms with Crippen molar-refractivity contribution in [2.45, 2.75) is 31.9 Å². The number of ether oxygens (including phenoxy) is 1. The summed E-state index contributed by atoms with van der Waals surface area (Å²) in [5, 5.41) is 9.87. The van der Waals surface area contributed by atoms with E-state index in [1.807, 2.05) is 49.4 Å². The maximum atomic E-state index is 12.0. The molecule has 1 unspecified atom stereocenters. The lowest BCUT2D eigenvalue weighted by Crippen LogP contribution is -2.56. The highest BCUT2D eigenvalue weighted by molar-refractivity contribution is 5.78. The van der Waals surface area contributed by atoms with E-state index in [-0.39, 0.29) is 0 Å². The minimum Gasteiger partial charge on any atom is -0.478 e. The fraction of sp³-hybridized carbons (Fsp3) is 0.350. The quantitative estimate of drug-likeness (QED) is 0.914. The molecule has 2 aromatic rings. The number of carbonyl (C=O) groups is 1. The Balaban J connectivity index is 1.79. The summed E-state index contributed by atoms with van der Waals surface area (Å²) in [5.74, 6) is -0.232. The van der Waals surface area contributed by atoms with E-state index in [2.05, 4.69) is 17.0 Å². The molecule has 0 radical (unpaired) electrons. The molecule has 1 saturated heterocycles. The summed E-state index contributed by atoms with van der Waals surface area (Å²) in [6.07, 6.45) is 1.34. The molecule has 0 bridgehead atoms. The molecule has 0 saturated carbocycles. The van der Waals surface area contributed by atoms with E-state index in [1.165, 1.54) is 5.56 Å². The number of hydrogen-bond acceptors (Lipinski definition) is 3. The van der Waals surface area contributed by atoms with Crippen LogP contribution in [0.4, 0.5) is 0 Å². The molecule has 1 heterocycles. The van der Waals surface area contributed by atoms with Crippen LogP contribution in [0.3, 0.4) is 0 Å². The minimum absolute atomic E-state index is 0.394. The number of rotatable bonds is 5. The average molecular weight is 325 g/mol. The molecule has 1 N–H and O–H groups in total. The number of carboxylic acid groups (broad SMARTS) is 1. The van der Waals surface area contributed by atoms with Crippen molar-refractivity contribution in [1.29, 1.82) is 0 Å². The molecule has 3 rings (SSSR count). The molecular formula is C20H23NO3. The smallest absolute Gasteiger partial charge is 0.349 e. The lowest BCUT2D eigenvalue weighted by atomic mass is 9.92. The van der Waals surface area contributed by atoms with Gasteiger partial charge in [-0.25, -0.2) is 4.79 Å². The van der Waals surface area contributed by atoms with Crippen LogP contribution in [0.1, 0.15) is 24.0 Å². The zero-order valence-electron chi connectivity index (χ0n) is 13.9. The SMILES string of the molecule is Cc1ccccc1OC1(C(=O)O)CCCN(Cc2ccccc2)C1. The summed E-state index contributed by atoms with van der Waals surface area (Å²) in [7, 11) is 0. The normalized spacial score (nSPS) is 21.4. The summed E-state index contributed by atoms with van der Waals surface area (Å²) in [6.45, 7) is 3.97. The van der Waals surface area contributed by atoms with Gasteiger partial charge in [-0.2, -0.15) is 0 Å². The molecule has 24 heavy (non-hydrogen) atoms. The summed E-state index contributed by atoms with van der Waals surface area (Å²) >= 11 is 0. The Hall–Kier alpha value is -2.33. The number of aliphatic carboxylic acids is 1. The van der Waals surface area contributed by atoms with Gasteiger partial charge in [-0.3, -0.25) is 4.90 Å². The first kappa shape index (κ1) is 16.5. The van der Waals surface area contributed by atoms with Gasteiger partial charge in [-0.15, -0.1) is 0 Å². The van der Waals surface area contributed by atoms with Gasteiger partial charge in [0, 0.05) is 19.5 Å². The van der Waals surface area contributed by atoms with E-state index >= 15 is 0 Å².